The smallest absolute Gasteiger partial charge is 0.410 e. The van der Waals surface area contributed by atoms with Crippen LogP contribution in [-0.4, -0.2) is 113 Å². The number of nitriles is 1. The number of aromatic nitrogens is 2. The minimum Gasteiger partial charge on any atom is -0.465 e. The van der Waals surface area contributed by atoms with E-state index in [0.29, 0.717) is 63.9 Å². The number of hydrogen-bond donors (Lipinski definition) is 1. The Bertz CT molecular complexity index is 1360. The number of nitrogens with zero attached hydrogens (tertiary/aromatic N) is 7. The molecule has 43 heavy (non-hydrogen) atoms. The van der Waals surface area contributed by atoms with Crippen molar-refractivity contribution < 1.29 is 28.9 Å². The number of carbonyl (C=O) groups excluding carboxylic acids is 1. The summed E-state index contributed by atoms with van der Waals surface area (Å²) >= 11 is 0. The molecule has 0 bridgehead atoms. The molecule has 13 heteroatoms. The molecule has 1 N–H and O–H groups in total. The third-order valence-corrected chi connectivity index (χ3v) is 8.82. The molecule has 13 nitrogen and oxygen atoms in total. The predicted octanol–water partition coefficient (Wildman–Crippen LogP) is 2.50. The number of amides is 2. The Morgan fingerprint density at radius 2 is 1.88 bits per heavy atom. The number of ether oxygens (including phenoxy) is 3. The van der Waals surface area contributed by atoms with Gasteiger partial charge in [0.15, 0.2) is 0 Å². The van der Waals surface area contributed by atoms with E-state index in [2.05, 4.69) is 20.9 Å². The molecule has 0 radical (unpaired) electrons. The molecule has 1 saturated carbocycles. The van der Waals surface area contributed by atoms with E-state index in [9.17, 15) is 20.0 Å². The predicted molar refractivity (Wildman–Crippen MR) is 154 cm³/mol. The lowest BCUT2D eigenvalue weighted by Crippen LogP contribution is -2.56. The second kappa shape index (κ2) is 12.6. The summed E-state index contributed by atoms with van der Waals surface area (Å²) in [6.07, 6.45) is 1.24. The van der Waals surface area contributed by atoms with Gasteiger partial charge in [-0.15, -0.1) is 0 Å². The van der Waals surface area contributed by atoms with Gasteiger partial charge in [-0.05, 0) is 24.8 Å². The number of rotatable bonds is 8. The van der Waals surface area contributed by atoms with Crippen molar-refractivity contribution in [3.63, 3.8) is 0 Å². The number of hydrogen-bond acceptors (Lipinski definition) is 10. The van der Waals surface area contributed by atoms with Crippen molar-refractivity contribution in [2.24, 2.45) is 0 Å². The third-order valence-electron chi connectivity index (χ3n) is 8.82. The van der Waals surface area contributed by atoms with Crippen LogP contribution < -0.4 is 9.64 Å². The number of fused-ring (bicyclic) bond motifs is 1. The van der Waals surface area contributed by atoms with Gasteiger partial charge in [-0.2, -0.15) is 15.2 Å². The topological polar surface area (TPSA) is 145 Å². The number of carboxylic acid groups (broad SMARTS) is 1. The zero-order valence-electron chi connectivity index (χ0n) is 24.2. The number of morpholine rings is 1. The summed E-state index contributed by atoms with van der Waals surface area (Å²) in [4.78, 5) is 41.8. The van der Waals surface area contributed by atoms with Gasteiger partial charge in [-0.3, -0.25) is 4.90 Å². The molecule has 1 atom stereocenters. The highest BCUT2D eigenvalue weighted by Gasteiger charge is 2.49. The lowest BCUT2D eigenvalue weighted by atomic mass is 10.0. The summed E-state index contributed by atoms with van der Waals surface area (Å²) in [6, 6.07) is 11.5. The maximum absolute atomic E-state index is 13.1. The monoisotopic (exact) mass is 591 g/mol. The normalized spacial score (nSPS) is 21.5. The first-order valence-corrected chi connectivity index (χ1v) is 14.9. The Hall–Kier alpha value is -4.15. The number of benzene rings is 1. The Balaban J connectivity index is 1.20. The molecule has 228 valence electrons. The molecule has 3 aliphatic heterocycles. The van der Waals surface area contributed by atoms with E-state index in [-0.39, 0.29) is 31.1 Å². The van der Waals surface area contributed by atoms with Crippen LogP contribution in [0.15, 0.2) is 30.3 Å². The lowest BCUT2D eigenvalue weighted by Gasteiger charge is -2.41. The second-order valence-corrected chi connectivity index (χ2v) is 11.5. The fourth-order valence-corrected chi connectivity index (χ4v) is 6.18. The van der Waals surface area contributed by atoms with E-state index in [4.69, 9.17) is 19.2 Å². The summed E-state index contributed by atoms with van der Waals surface area (Å²) in [7, 11) is 0. The zero-order chi connectivity index (χ0) is 29.8. The van der Waals surface area contributed by atoms with Crippen LogP contribution in [0.25, 0.3) is 0 Å². The number of piperazine rings is 1. The molecule has 4 heterocycles. The lowest BCUT2D eigenvalue weighted by molar-refractivity contribution is -0.00342. The van der Waals surface area contributed by atoms with Crippen LogP contribution in [0.5, 0.6) is 6.01 Å². The average molecular weight is 592 g/mol. The first-order chi connectivity index (χ1) is 21.0. The SMILES string of the molecule is N#CC[C@H]1CN(c2nc(OCC3(N4CCOCC4)CC3)nc3c2CCN(C(=O)O)C3)CCN1C(=O)OCc1ccccc1. The van der Waals surface area contributed by atoms with E-state index in [0.717, 1.165) is 37.1 Å². The first-order valence-electron chi connectivity index (χ1n) is 14.9. The van der Waals surface area contributed by atoms with Crippen molar-refractivity contribution in [2.45, 2.75) is 50.4 Å². The molecule has 2 amide bonds. The summed E-state index contributed by atoms with van der Waals surface area (Å²) in [5, 5.41) is 19.2. The van der Waals surface area contributed by atoms with Crippen molar-refractivity contribution >= 4 is 18.0 Å². The highest BCUT2D eigenvalue weighted by molar-refractivity contribution is 5.69. The van der Waals surface area contributed by atoms with Crippen molar-refractivity contribution in [3.05, 3.63) is 47.2 Å². The number of carbonyl (C=O) groups is 2. The van der Waals surface area contributed by atoms with E-state index in [1.54, 1.807) is 4.90 Å². The Morgan fingerprint density at radius 3 is 2.60 bits per heavy atom. The molecule has 0 unspecified atom stereocenters. The highest BCUT2D eigenvalue weighted by Crippen LogP contribution is 2.42. The molecule has 1 aromatic heterocycles. The van der Waals surface area contributed by atoms with E-state index in [1.165, 1.54) is 4.90 Å². The molecule has 0 spiro atoms. The summed E-state index contributed by atoms with van der Waals surface area (Å²) in [5.41, 5.74) is 2.37. The van der Waals surface area contributed by atoms with Crippen molar-refractivity contribution in [1.29, 1.82) is 5.26 Å². The van der Waals surface area contributed by atoms with Crippen LogP contribution >= 0.6 is 0 Å². The molecule has 6 rings (SSSR count). The van der Waals surface area contributed by atoms with E-state index in [1.807, 2.05) is 30.3 Å². The van der Waals surface area contributed by atoms with Crippen molar-refractivity contribution in [2.75, 3.05) is 64.0 Å². The summed E-state index contributed by atoms with van der Waals surface area (Å²) < 4.78 is 17.4. The molecule has 2 aromatic rings. The third kappa shape index (κ3) is 6.45. The molecule has 2 saturated heterocycles. The molecular weight excluding hydrogens is 554 g/mol. The fraction of sp³-hybridized carbons (Fsp3) is 0.567. The quantitative estimate of drug-likeness (QED) is 0.483. The summed E-state index contributed by atoms with van der Waals surface area (Å²) in [6.45, 7) is 5.47. The van der Waals surface area contributed by atoms with Gasteiger partial charge in [0.1, 0.15) is 19.0 Å². The van der Waals surface area contributed by atoms with Crippen LogP contribution in [0.4, 0.5) is 15.4 Å². The molecule has 3 fully saturated rings. The summed E-state index contributed by atoms with van der Waals surface area (Å²) in [5.74, 6) is 0.682. The van der Waals surface area contributed by atoms with Crippen LogP contribution in [-0.2, 0) is 29.0 Å². The first kappa shape index (κ1) is 28.9. The minimum atomic E-state index is -0.991. The van der Waals surface area contributed by atoms with E-state index >= 15 is 0 Å². The van der Waals surface area contributed by atoms with Gasteiger partial charge in [0.05, 0.1) is 49.5 Å². The minimum absolute atomic E-state index is 0.0417. The fourth-order valence-electron chi connectivity index (χ4n) is 6.18. The molecule has 1 aliphatic carbocycles. The molecule has 1 aromatic carbocycles. The average Bonchev–Trinajstić information content (AvgIpc) is 3.84. The van der Waals surface area contributed by atoms with Crippen LogP contribution in [0.1, 0.15) is 36.1 Å². The standard InChI is InChI=1S/C30H37N7O6/c31-10-6-23-18-34(12-13-37(23)29(40)42-20-22-4-2-1-3-5-22)26-24-7-11-35(28(38)39)19-25(24)32-27(33-26)43-21-30(8-9-30)36-14-16-41-17-15-36/h1-5,23H,6-9,11-21H2,(H,38,39)/t23-/m0/s1. The van der Waals surface area contributed by atoms with E-state index < -0.39 is 18.2 Å². The van der Waals surface area contributed by atoms with Gasteiger partial charge in [-0.1, -0.05) is 30.3 Å². The zero-order valence-corrected chi connectivity index (χ0v) is 24.2. The van der Waals surface area contributed by atoms with Gasteiger partial charge in [-0.25, -0.2) is 9.59 Å². The maximum Gasteiger partial charge on any atom is 0.410 e. The van der Waals surface area contributed by atoms with Gasteiger partial charge >= 0.3 is 18.2 Å². The maximum atomic E-state index is 13.1. The van der Waals surface area contributed by atoms with Crippen molar-refractivity contribution in [1.82, 2.24) is 24.7 Å². The largest absolute Gasteiger partial charge is 0.465 e. The van der Waals surface area contributed by atoms with Crippen LogP contribution in [0.2, 0.25) is 0 Å². The second-order valence-electron chi connectivity index (χ2n) is 11.5. The van der Waals surface area contributed by atoms with Crippen molar-refractivity contribution in [3.8, 4) is 12.1 Å². The Kier molecular flexibility index (Phi) is 8.49. The van der Waals surface area contributed by atoms with Crippen LogP contribution in [0.3, 0.4) is 0 Å². The Morgan fingerprint density at radius 1 is 1.09 bits per heavy atom. The Labute approximate surface area is 250 Å². The van der Waals surface area contributed by atoms with Gasteiger partial charge in [0.25, 0.3) is 0 Å². The van der Waals surface area contributed by atoms with Gasteiger partial charge in [0, 0.05) is 44.8 Å². The van der Waals surface area contributed by atoms with Gasteiger partial charge in [0.2, 0.25) is 0 Å². The highest BCUT2D eigenvalue weighted by atomic mass is 16.6. The van der Waals surface area contributed by atoms with Crippen LogP contribution in [0, 0.1) is 11.3 Å². The molecule has 4 aliphatic rings. The number of anilines is 1. The van der Waals surface area contributed by atoms with Gasteiger partial charge < -0.3 is 34.0 Å². The molecular formula is C30H37N7O6.